The normalized spacial score (nSPS) is 14.5. The summed E-state index contributed by atoms with van der Waals surface area (Å²) in [5, 5.41) is 20.1. The predicted molar refractivity (Wildman–Crippen MR) is 305 cm³/mol. The maximum absolute atomic E-state index is 5.94. The third-order valence-corrected chi connectivity index (χ3v) is 17.4. The number of nitrogens with zero attached hydrogens (tertiary/aromatic N) is 2. The highest BCUT2D eigenvalue weighted by molar-refractivity contribution is 6.46. The van der Waals surface area contributed by atoms with Crippen molar-refractivity contribution in [2.24, 2.45) is 0 Å². The minimum atomic E-state index is -0.177. The van der Waals surface area contributed by atoms with Crippen LogP contribution in [0.1, 0.15) is 61.1 Å². The van der Waals surface area contributed by atoms with Crippen molar-refractivity contribution < 1.29 is 0 Å². The first kappa shape index (κ1) is 40.3. The lowest BCUT2D eigenvalue weighted by Crippen LogP contribution is -2.15. The third kappa shape index (κ3) is 4.99. The van der Waals surface area contributed by atoms with Gasteiger partial charge in [-0.2, -0.15) is 0 Å². The van der Waals surface area contributed by atoms with E-state index in [-0.39, 0.29) is 10.8 Å². The molecule has 14 aromatic rings. The Morgan fingerprint density at radius 2 is 0.847 bits per heavy atom. The number of pyridine rings is 2. The Kier molecular flexibility index (Phi) is 7.66. The summed E-state index contributed by atoms with van der Waals surface area (Å²) in [6, 6.07) is 69.2. The standard InChI is InChI=1S/C70H48N2/c1-37-32-38(2)34-40(33-37)42-26-27-49-61-51(35-39-16-7-8-17-41(39)60(42)61)65-64(49)63(57-30-28-55-67(71-57)46-20-11-13-24-53(46)69(55,3)4)52-36-50-44-19-10-9-18-43(44)45-22-15-23-48(59(45)50)62(52)66(65)58-31-29-56-68(72-58)47-21-12-14-25-54(47)70(56,5)6/h7-36H,1-6H3. The summed E-state index contributed by atoms with van der Waals surface area (Å²) in [5.41, 5.74) is 18.8. The Labute approximate surface area is 417 Å². The molecule has 2 aromatic heterocycles. The van der Waals surface area contributed by atoms with Crippen LogP contribution in [-0.4, -0.2) is 9.97 Å². The van der Waals surface area contributed by atoms with Crippen LogP contribution in [0.5, 0.6) is 0 Å². The van der Waals surface area contributed by atoms with Crippen molar-refractivity contribution >= 4 is 86.2 Å². The third-order valence-electron chi connectivity index (χ3n) is 17.4. The molecule has 16 rings (SSSR count). The SMILES string of the molecule is Cc1cc(C)cc(-c2ccc3c4c(-c5ccc6c(n5)-c5ccccc5C6(C)C)c5cc6c7ccccc7c7cccc(c5c(-c5ccc8c(n5)-c5ccccc5C8(C)C)c4c4cc5ccccc5c2c34)c76)c1. The number of rotatable bonds is 3. The summed E-state index contributed by atoms with van der Waals surface area (Å²) in [6.07, 6.45) is 0. The summed E-state index contributed by atoms with van der Waals surface area (Å²) >= 11 is 0. The molecule has 72 heavy (non-hydrogen) atoms. The van der Waals surface area contributed by atoms with E-state index in [4.69, 9.17) is 9.97 Å². The zero-order chi connectivity index (χ0) is 48.1. The van der Waals surface area contributed by atoms with E-state index in [2.05, 4.69) is 224 Å². The van der Waals surface area contributed by atoms with Gasteiger partial charge in [0, 0.05) is 49.2 Å². The van der Waals surface area contributed by atoms with Gasteiger partial charge in [0.2, 0.25) is 0 Å². The molecule has 0 saturated carbocycles. The molecular weight excluding hydrogens is 869 g/mol. The van der Waals surface area contributed by atoms with Crippen LogP contribution >= 0.6 is 0 Å². The van der Waals surface area contributed by atoms with Crippen LogP contribution in [0.2, 0.25) is 0 Å². The molecule has 0 N–H and O–H groups in total. The minimum absolute atomic E-state index is 0.174. The van der Waals surface area contributed by atoms with Crippen molar-refractivity contribution in [3.63, 3.8) is 0 Å². The van der Waals surface area contributed by atoms with Crippen molar-refractivity contribution in [2.45, 2.75) is 52.4 Å². The van der Waals surface area contributed by atoms with E-state index in [1.807, 2.05) is 0 Å². The lowest BCUT2D eigenvalue weighted by molar-refractivity contribution is 0.659. The predicted octanol–water partition coefficient (Wildman–Crippen LogP) is 18.8. The Morgan fingerprint density at radius 3 is 1.53 bits per heavy atom. The molecule has 0 bridgehead atoms. The molecule has 0 amide bonds. The van der Waals surface area contributed by atoms with Crippen molar-refractivity contribution in [2.75, 3.05) is 0 Å². The number of fused-ring (bicyclic) bond motifs is 16. The van der Waals surface area contributed by atoms with E-state index in [1.54, 1.807) is 0 Å². The molecule has 2 aliphatic carbocycles. The van der Waals surface area contributed by atoms with Crippen molar-refractivity contribution in [3.05, 3.63) is 215 Å². The first-order valence-electron chi connectivity index (χ1n) is 25.6. The molecule has 0 saturated heterocycles. The molecule has 12 aromatic carbocycles. The molecular formula is C70H48N2. The Bertz CT molecular complexity index is 4740. The van der Waals surface area contributed by atoms with Crippen LogP contribution < -0.4 is 0 Å². The molecule has 0 unspecified atom stereocenters. The van der Waals surface area contributed by atoms with Crippen molar-refractivity contribution in [3.8, 4) is 56.2 Å². The van der Waals surface area contributed by atoms with Gasteiger partial charge in [-0.25, -0.2) is 9.97 Å². The highest BCUT2D eigenvalue weighted by atomic mass is 14.8. The van der Waals surface area contributed by atoms with Gasteiger partial charge in [0.05, 0.1) is 22.8 Å². The zero-order valence-corrected chi connectivity index (χ0v) is 41.2. The number of benzene rings is 10. The van der Waals surface area contributed by atoms with Gasteiger partial charge in [-0.1, -0.05) is 197 Å². The first-order valence-corrected chi connectivity index (χ1v) is 25.6. The molecule has 2 aliphatic rings. The van der Waals surface area contributed by atoms with E-state index in [0.29, 0.717) is 0 Å². The molecule has 0 radical (unpaired) electrons. The fourth-order valence-electron chi connectivity index (χ4n) is 14.3. The van der Waals surface area contributed by atoms with E-state index in [1.165, 1.54) is 153 Å². The molecule has 338 valence electrons. The molecule has 2 heteroatoms. The van der Waals surface area contributed by atoms with Crippen LogP contribution in [0.4, 0.5) is 0 Å². The van der Waals surface area contributed by atoms with Gasteiger partial charge < -0.3 is 0 Å². The smallest absolute Gasteiger partial charge is 0.0753 e. The molecule has 0 fully saturated rings. The molecule has 0 spiro atoms. The van der Waals surface area contributed by atoms with E-state index >= 15 is 0 Å². The van der Waals surface area contributed by atoms with Gasteiger partial charge in [-0.05, 0) is 142 Å². The number of hydrogen-bond donors (Lipinski definition) is 0. The maximum Gasteiger partial charge on any atom is 0.0753 e. The lowest BCUT2D eigenvalue weighted by Gasteiger charge is -2.22. The highest BCUT2D eigenvalue weighted by Crippen LogP contribution is 2.58. The van der Waals surface area contributed by atoms with Gasteiger partial charge in [0.15, 0.2) is 0 Å². The van der Waals surface area contributed by atoms with Crippen molar-refractivity contribution in [1.82, 2.24) is 9.97 Å². The first-order chi connectivity index (χ1) is 35.1. The lowest BCUT2D eigenvalue weighted by atomic mass is 9.82. The van der Waals surface area contributed by atoms with Gasteiger partial charge in [0.25, 0.3) is 0 Å². The van der Waals surface area contributed by atoms with E-state index < -0.39 is 0 Å². The van der Waals surface area contributed by atoms with Gasteiger partial charge in [-0.3, -0.25) is 0 Å². The largest absolute Gasteiger partial charge is 0.247 e. The molecule has 0 atom stereocenters. The molecule has 2 heterocycles. The monoisotopic (exact) mass is 916 g/mol. The highest BCUT2D eigenvalue weighted by Gasteiger charge is 2.39. The van der Waals surface area contributed by atoms with Crippen LogP contribution in [-0.2, 0) is 10.8 Å². The topological polar surface area (TPSA) is 25.8 Å². The van der Waals surface area contributed by atoms with Crippen molar-refractivity contribution in [1.29, 1.82) is 0 Å². The summed E-state index contributed by atoms with van der Waals surface area (Å²) < 4.78 is 0. The Hall–Kier alpha value is -8.46. The summed E-state index contributed by atoms with van der Waals surface area (Å²) in [5.74, 6) is 0. The summed E-state index contributed by atoms with van der Waals surface area (Å²) in [7, 11) is 0. The average Bonchev–Trinajstić information content (AvgIpc) is 4.05. The van der Waals surface area contributed by atoms with Crippen LogP contribution in [0.25, 0.3) is 142 Å². The summed E-state index contributed by atoms with van der Waals surface area (Å²) in [6.45, 7) is 13.8. The fourth-order valence-corrected chi connectivity index (χ4v) is 14.3. The Balaban J connectivity index is 1.18. The average molecular weight is 917 g/mol. The second-order valence-electron chi connectivity index (χ2n) is 22.1. The number of aromatic nitrogens is 2. The van der Waals surface area contributed by atoms with Crippen LogP contribution in [0, 0.1) is 13.8 Å². The fraction of sp³-hybridized carbons (Fsp3) is 0.114. The number of aryl methyl sites for hydroxylation is 2. The number of hydrogen-bond acceptors (Lipinski definition) is 2. The quantitative estimate of drug-likeness (QED) is 0.165. The maximum atomic E-state index is 5.94. The molecule has 0 aliphatic heterocycles. The molecule has 2 nitrogen and oxygen atoms in total. The second kappa shape index (κ2) is 13.7. The Morgan fingerprint density at radius 1 is 0.306 bits per heavy atom. The zero-order valence-electron chi connectivity index (χ0n) is 41.2. The van der Waals surface area contributed by atoms with Crippen LogP contribution in [0.15, 0.2) is 182 Å². The second-order valence-corrected chi connectivity index (χ2v) is 22.1. The van der Waals surface area contributed by atoms with Crippen LogP contribution in [0.3, 0.4) is 0 Å². The van der Waals surface area contributed by atoms with Gasteiger partial charge in [-0.15, -0.1) is 0 Å². The van der Waals surface area contributed by atoms with E-state index in [9.17, 15) is 0 Å². The minimum Gasteiger partial charge on any atom is -0.247 e. The van der Waals surface area contributed by atoms with Gasteiger partial charge >= 0.3 is 0 Å². The van der Waals surface area contributed by atoms with E-state index in [0.717, 1.165) is 22.8 Å². The van der Waals surface area contributed by atoms with Gasteiger partial charge in [0.1, 0.15) is 0 Å². The summed E-state index contributed by atoms with van der Waals surface area (Å²) in [4.78, 5) is 11.9.